The first kappa shape index (κ1) is 11.2. The zero-order valence-electron chi connectivity index (χ0n) is 6.67. The molecule has 0 aliphatic carbocycles. The van der Waals surface area contributed by atoms with Crippen molar-refractivity contribution in [1.29, 1.82) is 0 Å². The van der Waals surface area contributed by atoms with Crippen molar-refractivity contribution >= 4 is 23.5 Å². The van der Waals surface area contributed by atoms with Gasteiger partial charge in [0.1, 0.15) is 0 Å². The van der Waals surface area contributed by atoms with Gasteiger partial charge in [0.05, 0.1) is 20.6 Å². The van der Waals surface area contributed by atoms with Crippen LogP contribution in [0.4, 0.5) is 0 Å². The average molecular weight is 197 g/mol. The van der Waals surface area contributed by atoms with E-state index in [-0.39, 0.29) is 0 Å². The lowest BCUT2D eigenvalue weighted by atomic mass is 10.2. The number of aliphatic hydroxyl groups is 1. The van der Waals surface area contributed by atoms with Crippen LogP contribution in [0.25, 0.3) is 0 Å². The summed E-state index contributed by atoms with van der Waals surface area (Å²) in [5, 5.41) is 6.74. The maximum Gasteiger partial charge on any atom is 0.354 e. The summed E-state index contributed by atoms with van der Waals surface area (Å²) in [6.45, 7) is 0. The predicted molar refractivity (Wildman–Crippen MR) is 39.5 cm³/mol. The lowest BCUT2D eigenvalue weighted by Crippen LogP contribution is -2.36. The minimum Gasteiger partial charge on any atom is -0.469 e. The Bertz CT molecular complexity index is 188. The quantitative estimate of drug-likeness (QED) is 0.494. The lowest BCUT2D eigenvalue weighted by Gasteiger charge is -2.15. The molecular formula is C6H9ClO5. The van der Waals surface area contributed by atoms with Gasteiger partial charge in [-0.3, -0.25) is 4.79 Å². The van der Waals surface area contributed by atoms with Crippen molar-refractivity contribution in [1.82, 2.24) is 0 Å². The maximum atomic E-state index is 10.7. The zero-order valence-corrected chi connectivity index (χ0v) is 7.42. The Morgan fingerprint density at radius 1 is 1.42 bits per heavy atom. The second kappa shape index (κ2) is 4.27. The van der Waals surface area contributed by atoms with Crippen LogP contribution in [0.5, 0.6) is 0 Å². The molecule has 0 aliphatic heterocycles. The summed E-state index contributed by atoms with van der Waals surface area (Å²) in [5.74, 6) is -1.88. The van der Waals surface area contributed by atoms with Crippen molar-refractivity contribution in [3.8, 4) is 0 Å². The number of alkyl halides is 1. The number of ether oxygens (including phenoxy) is 2. The van der Waals surface area contributed by atoms with Gasteiger partial charge in [-0.05, 0) is 0 Å². The van der Waals surface area contributed by atoms with Gasteiger partial charge in [-0.1, -0.05) is 11.6 Å². The van der Waals surface area contributed by atoms with E-state index in [1.165, 1.54) is 0 Å². The van der Waals surface area contributed by atoms with E-state index in [9.17, 15) is 9.59 Å². The highest BCUT2D eigenvalue weighted by atomic mass is 35.5. The van der Waals surface area contributed by atoms with Gasteiger partial charge in [-0.25, -0.2) is 4.79 Å². The second-order valence-corrected chi connectivity index (χ2v) is 2.63. The van der Waals surface area contributed by atoms with Gasteiger partial charge in [-0.15, -0.1) is 0 Å². The Morgan fingerprint density at radius 3 is 2.25 bits per heavy atom. The smallest absolute Gasteiger partial charge is 0.354 e. The SMILES string of the molecule is COC(=O)CC(O)(Cl)C(=O)OC. The van der Waals surface area contributed by atoms with Gasteiger partial charge in [0.25, 0.3) is 0 Å². The molecule has 0 fully saturated rings. The van der Waals surface area contributed by atoms with E-state index < -0.39 is 23.4 Å². The molecule has 0 bridgehead atoms. The van der Waals surface area contributed by atoms with Crippen molar-refractivity contribution in [2.75, 3.05) is 14.2 Å². The predicted octanol–water partition coefficient (Wildman–Crippen LogP) is -0.350. The van der Waals surface area contributed by atoms with E-state index in [0.29, 0.717) is 0 Å². The molecule has 0 saturated carbocycles. The molecule has 0 amide bonds. The van der Waals surface area contributed by atoms with E-state index >= 15 is 0 Å². The summed E-state index contributed by atoms with van der Waals surface area (Å²) in [4.78, 5) is 21.2. The highest BCUT2D eigenvalue weighted by Gasteiger charge is 2.37. The van der Waals surface area contributed by atoms with Crippen LogP contribution in [0, 0.1) is 0 Å². The molecule has 0 aromatic heterocycles. The Balaban J connectivity index is 4.21. The topological polar surface area (TPSA) is 72.8 Å². The standard InChI is InChI=1S/C6H9ClO5/c1-11-4(8)3-6(7,10)5(9)12-2/h10H,3H2,1-2H3. The molecule has 0 aromatic carbocycles. The fourth-order valence-corrected chi connectivity index (χ4v) is 0.678. The number of carbonyl (C=O) groups excluding carboxylic acids is 2. The molecule has 1 N–H and O–H groups in total. The first-order valence-corrected chi connectivity index (χ1v) is 3.38. The van der Waals surface area contributed by atoms with Gasteiger partial charge >= 0.3 is 11.9 Å². The fourth-order valence-electron chi connectivity index (χ4n) is 0.492. The molecule has 1 unspecified atom stereocenters. The van der Waals surface area contributed by atoms with Crippen LogP contribution in [0.15, 0.2) is 0 Å². The molecule has 0 aromatic rings. The summed E-state index contributed by atoms with van der Waals surface area (Å²) < 4.78 is 8.32. The Morgan fingerprint density at radius 2 is 1.92 bits per heavy atom. The Hall–Kier alpha value is -0.810. The van der Waals surface area contributed by atoms with Crippen LogP contribution in [0.1, 0.15) is 6.42 Å². The summed E-state index contributed by atoms with van der Waals surface area (Å²) in [6, 6.07) is 0. The highest BCUT2D eigenvalue weighted by molar-refractivity contribution is 6.33. The third kappa shape index (κ3) is 3.06. The Labute approximate surface area is 74.2 Å². The van der Waals surface area contributed by atoms with Gasteiger partial charge in [0.2, 0.25) is 5.06 Å². The number of halogens is 1. The molecule has 1 atom stereocenters. The molecule has 0 spiro atoms. The van der Waals surface area contributed by atoms with Crippen LogP contribution >= 0.6 is 11.6 Å². The zero-order chi connectivity index (χ0) is 9.78. The molecule has 12 heavy (non-hydrogen) atoms. The van der Waals surface area contributed by atoms with Crippen molar-refractivity contribution in [3.63, 3.8) is 0 Å². The number of esters is 2. The second-order valence-electron chi connectivity index (χ2n) is 2.00. The molecule has 0 rings (SSSR count). The van der Waals surface area contributed by atoms with E-state index in [1.54, 1.807) is 0 Å². The normalized spacial score (nSPS) is 14.7. The Kier molecular flexibility index (Phi) is 3.99. The number of carbonyl (C=O) groups is 2. The third-order valence-corrected chi connectivity index (χ3v) is 1.39. The first-order valence-electron chi connectivity index (χ1n) is 3.00. The van der Waals surface area contributed by atoms with E-state index in [0.717, 1.165) is 14.2 Å². The fraction of sp³-hybridized carbons (Fsp3) is 0.667. The van der Waals surface area contributed by atoms with Crippen molar-refractivity contribution in [3.05, 3.63) is 0 Å². The van der Waals surface area contributed by atoms with Gasteiger partial charge in [0.15, 0.2) is 0 Å². The van der Waals surface area contributed by atoms with Crippen molar-refractivity contribution < 1.29 is 24.2 Å². The first-order chi connectivity index (χ1) is 5.44. The van der Waals surface area contributed by atoms with Crippen molar-refractivity contribution in [2.24, 2.45) is 0 Å². The molecule has 0 heterocycles. The van der Waals surface area contributed by atoms with Crippen LogP contribution < -0.4 is 0 Å². The monoisotopic (exact) mass is 196 g/mol. The number of rotatable bonds is 3. The van der Waals surface area contributed by atoms with Gasteiger partial charge in [0, 0.05) is 0 Å². The summed E-state index contributed by atoms with van der Waals surface area (Å²) >= 11 is 5.24. The molecule has 0 saturated heterocycles. The van der Waals surface area contributed by atoms with Crippen LogP contribution in [-0.4, -0.2) is 36.3 Å². The van der Waals surface area contributed by atoms with E-state index in [2.05, 4.69) is 9.47 Å². The largest absolute Gasteiger partial charge is 0.469 e. The molecule has 0 aliphatic rings. The summed E-state index contributed by atoms with van der Waals surface area (Å²) in [7, 11) is 2.17. The molecule has 0 radical (unpaired) electrons. The average Bonchev–Trinajstić information content (AvgIpc) is 2.02. The highest BCUT2D eigenvalue weighted by Crippen LogP contribution is 2.18. The minimum atomic E-state index is -2.33. The maximum absolute atomic E-state index is 10.7. The molecular weight excluding hydrogens is 188 g/mol. The molecule has 6 heteroatoms. The third-order valence-electron chi connectivity index (χ3n) is 1.10. The molecule has 5 nitrogen and oxygen atoms in total. The van der Waals surface area contributed by atoms with Crippen molar-refractivity contribution in [2.45, 2.75) is 11.5 Å². The van der Waals surface area contributed by atoms with Crippen LogP contribution in [0.3, 0.4) is 0 Å². The number of hydrogen-bond acceptors (Lipinski definition) is 5. The summed E-state index contributed by atoms with van der Waals surface area (Å²) in [5.41, 5.74) is 0. The van der Waals surface area contributed by atoms with Gasteiger partial charge in [-0.2, -0.15) is 0 Å². The number of methoxy groups -OCH3 is 2. The number of hydrogen-bond donors (Lipinski definition) is 1. The lowest BCUT2D eigenvalue weighted by molar-refractivity contribution is -0.160. The van der Waals surface area contributed by atoms with E-state index in [1.807, 2.05) is 0 Å². The van der Waals surface area contributed by atoms with Crippen LogP contribution in [0.2, 0.25) is 0 Å². The van der Waals surface area contributed by atoms with E-state index in [4.69, 9.17) is 16.7 Å². The minimum absolute atomic E-state index is 0.641. The summed E-state index contributed by atoms with van der Waals surface area (Å²) in [6.07, 6.45) is -0.641. The van der Waals surface area contributed by atoms with Gasteiger partial charge < -0.3 is 14.6 Å². The molecule has 70 valence electrons. The van der Waals surface area contributed by atoms with Crippen LogP contribution in [-0.2, 0) is 19.1 Å².